The molecule has 0 saturated carbocycles. The molecule has 0 aliphatic heterocycles. The number of carbonyl (C=O) groups is 1. The summed E-state index contributed by atoms with van der Waals surface area (Å²) in [6.45, 7) is 6.48. The average molecular weight is 494 g/mol. The van der Waals surface area contributed by atoms with Gasteiger partial charge in [-0.2, -0.15) is 0 Å². The third kappa shape index (κ3) is 8.29. The van der Waals surface area contributed by atoms with Crippen LogP contribution in [0.4, 0.5) is 0 Å². The van der Waals surface area contributed by atoms with Crippen molar-refractivity contribution in [3.05, 3.63) is 71.3 Å². The summed E-state index contributed by atoms with van der Waals surface area (Å²) in [4.78, 5) is 16.2. The third-order valence-corrected chi connectivity index (χ3v) is 4.41. The van der Waals surface area contributed by atoms with Gasteiger partial charge in [-0.25, -0.2) is 0 Å². The number of nitrogens with zero attached hydrogens (tertiary/aromatic N) is 1. The van der Waals surface area contributed by atoms with Crippen molar-refractivity contribution >= 4 is 35.8 Å². The molecule has 1 atom stereocenters. The zero-order valence-corrected chi connectivity index (χ0v) is 19.2. The van der Waals surface area contributed by atoms with Crippen molar-refractivity contribution in [1.82, 2.24) is 16.0 Å². The second-order valence-electron chi connectivity index (χ2n) is 6.67. The number of benzene rings is 2. The van der Waals surface area contributed by atoms with E-state index in [1.54, 1.807) is 7.05 Å². The Morgan fingerprint density at radius 1 is 0.964 bits per heavy atom. The van der Waals surface area contributed by atoms with Crippen LogP contribution in [0.3, 0.4) is 0 Å². The van der Waals surface area contributed by atoms with Crippen molar-refractivity contribution in [3.63, 3.8) is 0 Å². The summed E-state index contributed by atoms with van der Waals surface area (Å²) >= 11 is 0. The summed E-state index contributed by atoms with van der Waals surface area (Å²) < 4.78 is 0. The molecule has 0 heterocycles. The van der Waals surface area contributed by atoms with E-state index in [9.17, 15) is 4.79 Å². The molecule has 0 bridgehead atoms. The van der Waals surface area contributed by atoms with E-state index in [4.69, 9.17) is 0 Å². The van der Waals surface area contributed by atoms with Crippen LogP contribution in [0.25, 0.3) is 0 Å². The Hall–Kier alpha value is -2.09. The van der Waals surface area contributed by atoms with Gasteiger partial charge in [-0.1, -0.05) is 55.0 Å². The van der Waals surface area contributed by atoms with Gasteiger partial charge < -0.3 is 16.0 Å². The maximum Gasteiger partial charge on any atom is 0.251 e. The Kier molecular flexibility index (Phi) is 11.2. The van der Waals surface area contributed by atoms with Crippen LogP contribution in [-0.4, -0.2) is 38.5 Å². The molecule has 0 fully saturated rings. The number of amides is 1. The van der Waals surface area contributed by atoms with Gasteiger partial charge in [0, 0.05) is 32.2 Å². The van der Waals surface area contributed by atoms with Crippen LogP contribution in [0.2, 0.25) is 0 Å². The molecule has 1 amide bonds. The van der Waals surface area contributed by atoms with Crippen LogP contribution in [0, 0.1) is 6.92 Å². The van der Waals surface area contributed by atoms with Crippen molar-refractivity contribution in [2.24, 2.45) is 4.99 Å². The van der Waals surface area contributed by atoms with Gasteiger partial charge in [0.15, 0.2) is 5.96 Å². The first-order valence-electron chi connectivity index (χ1n) is 9.44. The highest BCUT2D eigenvalue weighted by Crippen LogP contribution is 2.14. The number of rotatable bonds is 8. The summed E-state index contributed by atoms with van der Waals surface area (Å²) in [5.41, 5.74) is 3.27. The zero-order valence-electron chi connectivity index (χ0n) is 16.9. The molecule has 5 nitrogen and oxygen atoms in total. The molecule has 1 unspecified atom stereocenters. The van der Waals surface area contributed by atoms with Gasteiger partial charge >= 0.3 is 0 Å². The van der Waals surface area contributed by atoms with E-state index in [2.05, 4.69) is 59.1 Å². The SMILES string of the molecule is CN=C(NCCCNC(=O)c1ccccc1)NCC(C)c1ccc(C)cc1.I. The highest BCUT2D eigenvalue weighted by molar-refractivity contribution is 14.0. The standard InChI is InChI=1S/C22H30N4O.HI/c1-17-10-12-19(13-11-17)18(2)16-26-22(23-3)25-15-7-14-24-21(27)20-8-5-4-6-9-20;/h4-6,8-13,18H,7,14-16H2,1-3H3,(H,24,27)(H2,23,25,26);1H. The largest absolute Gasteiger partial charge is 0.356 e. The van der Waals surface area contributed by atoms with E-state index in [-0.39, 0.29) is 29.9 Å². The lowest BCUT2D eigenvalue weighted by atomic mass is 10.0. The van der Waals surface area contributed by atoms with E-state index < -0.39 is 0 Å². The first kappa shape index (κ1) is 23.9. The molecule has 0 spiro atoms. The summed E-state index contributed by atoms with van der Waals surface area (Å²) in [6, 6.07) is 17.9. The third-order valence-electron chi connectivity index (χ3n) is 4.41. The van der Waals surface area contributed by atoms with Gasteiger partial charge in [-0.05, 0) is 37.0 Å². The topological polar surface area (TPSA) is 65.5 Å². The van der Waals surface area contributed by atoms with E-state index in [1.807, 2.05) is 30.3 Å². The molecule has 0 saturated heterocycles. The molecule has 6 heteroatoms. The summed E-state index contributed by atoms with van der Waals surface area (Å²) in [7, 11) is 1.77. The number of guanidine groups is 1. The van der Waals surface area contributed by atoms with Crippen LogP contribution in [0.1, 0.15) is 40.7 Å². The molecule has 152 valence electrons. The molecule has 0 aliphatic carbocycles. The number of nitrogens with one attached hydrogen (secondary N) is 3. The average Bonchev–Trinajstić information content (AvgIpc) is 2.70. The molecule has 2 aromatic rings. The maximum atomic E-state index is 12.0. The number of carbonyl (C=O) groups excluding carboxylic acids is 1. The first-order valence-corrected chi connectivity index (χ1v) is 9.44. The Morgan fingerprint density at radius 2 is 1.61 bits per heavy atom. The van der Waals surface area contributed by atoms with Gasteiger partial charge in [0.1, 0.15) is 0 Å². The predicted octanol–water partition coefficient (Wildman–Crippen LogP) is 3.70. The van der Waals surface area contributed by atoms with Crippen LogP contribution < -0.4 is 16.0 Å². The van der Waals surface area contributed by atoms with Crippen LogP contribution in [0.5, 0.6) is 0 Å². The normalized spacial score (nSPS) is 11.9. The highest BCUT2D eigenvalue weighted by atomic mass is 127. The van der Waals surface area contributed by atoms with E-state index in [0.717, 1.165) is 25.5 Å². The number of hydrogen-bond donors (Lipinski definition) is 3. The van der Waals surface area contributed by atoms with Crippen molar-refractivity contribution in [3.8, 4) is 0 Å². The molecule has 28 heavy (non-hydrogen) atoms. The fourth-order valence-electron chi connectivity index (χ4n) is 2.67. The lowest BCUT2D eigenvalue weighted by Crippen LogP contribution is -2.40. The van der Waals surface area contributed by atoms with E-state index >= 15 is 0 Å². The Bertz CT molecular complexity index is 732. The van der Waals surface area contributed by atoms with Crippen molar-refractivity contribution < 1.29 is 4.79 Å². The van der Waals surface area contributed by atoms with Gasteiger partial charge in [-0.15, -0.1) is 24.0 Å². The first-order chi connectivity index (χ1) is 13.1. The van der Waals surface area contributed by atoms with Crippen LogP contribution >= 0.6 is 24.0 Å². The molecule has 2 aromatic carbocycles. The molecule has 3 N–H and O–H groups in total. The van der Waals surface area contributed by atoms with Crippen molar-refractivity contribution in [1.29, 1.82) is 0 Å². The van der Waals surface area contributed by atoms with Gasteiger partial charge in [0.2, 0.25) is 0 Å². The minimum atomic E-state index is -0.0370. The van der Waals surface area contributed by atoms with Gasteiger partial charge in [0.25, 0.3) is 5.91 Å². The van der Waals surface area contributed by atoms with Crippen LogP contribution in [-0.2, 0) is 0 Å². The summed E-state index contributed by atoms with van der Waals surface area (Å²) in [5.74, 6) is 1.14. The van der Waals surface area contributed by atoms with Crippen LogP contribution in [0.15, 0.2) is 59.6 Å². The minimum Gasteiger partial charge on any atom is -0.356 e. The predicted molar refractivity (Wildman–Crippen MR) is 128 cm³/mol. The lowest BCUT2D eigenvalue weighted by molar-refractivity contribution is 0.0953. The number of hydrogen-bond acceptors (Lipinski definition) is 2. The maximum absolute atomic E-state index is 12.0. The second-order valence-corrected chi connectivity index (χ2v) is 6.67. The number of aliphatic imine (C=N–C) groups is 1. The quantitative estimate of drug-likeness (QED) is 0.227. The molecule has 2 rings (SSSR count). The minimum absolute atomic E-state index is 0. The Labute approximate surface area is 185 Å². The molecule has 0 aliphatic rings. The van der Waals surface area contributed by atoms with Gasteiger partial charge in [-0.3, -0.25) is 9.79 Å². The molecule has 0 aromatic heterocycles. The van der Waals surface area contributed by atoms with Gasteiger partial charge in [0.05, 0.1) is 0 Å². The summed E-state index contributed by atoms with van der Waals surface area (Å²) in [6.07, 6.45) is 0.826. The Balaban J connectivity index is 0.00000392. The van der Waals surface area contributed by atoms with E-state index in [0.29, 0.717) is 18.0 Å². The second kappa shape index (κ2) is 13.1. The zero-order chi connectivity index (χ0) is 19.5. The smallest absolute Gasteiger partial charge is 0.251 e. The van der Waals surface area contributed by atoms with Crippen molar-refractivity contribution in [2.45, 2.75) is 26.2 Å². The monoisotopic (exact) mass is 494 g/mol. The molecule has 0 radical (unpaired) electrons. The van der Waals surface area contributed by atoms with E-state index in [1.165, 1.54) is 11.1 Å². The fraction of sp³-hybridized carbons (Fsp3) is 0.364. The Morgan fingerprint density at radius 3 is 2.25 bits per heavy atom. The number of halogens is 1. The lowest BCUT2D eigenvalue weighted by Gasteiger charge is -2.16. The number of aryl methyl sites for hydroxylation is 1. The molecular formula is C22H31IN4O. The summed E-state index contributed by atoms with van der Waals surface area (Å²) in [5, 5.41) is 9.57. The fourth-order valence-corrected chi connectivity index (χ4v) is 2.67. The van der Waals surface area contributed by atoms with Crippen molar-refractivity contribution in [2.75, 3.05) is 26.7 Å². The molecular weight excluding hydrogens is 463 g/mol. The highest BCUT2D eigenvalue weighted by Gasteiger charge is 2.07.